The van der Waals surface area contributed by atoms with Crippen molar-refractivity contribution in [3.8, 4) is 0 Å². The number of hydrogen-bond acceptors (Lipinski definition) is 9. The summed E-state index contributed by atoms with van der Waals surface area (Å²) >= 11 is 11.6. The molecule has 3 aromatic rings. The van der Waals surface area contributed by atoms with Crippen LogP contribution in [0.5, 0.6) is 0 Å². The summed E-state index contributed by atoms with van der Waals surface area (Å²) in [7, 11) is 1.00. The number of hydrogen-bond donors (Lipinski definition) is 3. The number of carboxylic acids is 1. The molecule has 0 radical (unpaired) electrons. The van der Waals surface area contributed by atoms with Crippen LogP contribution in [0.15, 0.2) is 24.5 Å². The molecule has 36 heavy (non-hydrogen) atoms. The summed E-state index contributed by atoms with van der Waals surface area (Å²) in [5, 5.41) is 16.6. The van der Waals surface area contributed by atoms with Gasteiger partial charge in [-0.25, -0.2) is 18.6 Å². The second kappa shape index (κ2) is 11.4. The molecule has 4 rings (SSSR count). The first-order valence-corrected chi connectivity index (χ1v) is 11.1. The molecule has 0 amide bonds. The molecule has 194 valence electrons. The Morgan fingerprint density at radius 2 is 2.11 bits per heavy atom. The van der Waals surface area contributed by atoms with Crippen molar-refractivity contribution in [3.05, 3.63) is 46.2 Å². The Labute approximate surface area is 212 Å². The first kappa shape index (κ1) is 27.6. The van der Waals surface area contributed by atoms with E-state index >= 15 is 0 Å². The summed E-state index contributed by atoms with van der Waals surface area (Å²) in [4.78, 5) is 35.5. The fourth-order valence-corrected chi connectivity index (χ4v) is 3.98. The molecule has 11 nitrogen and oxygen atoms in total. The van der Waals surface area contributed by atoms with Crippen LogP contribution < -0.4 is 5.73 Å². The highest BCUT2D eigenvalue weighted by Gasteiger charge is 2.44. The minimum absolute atomic E-state index is 0.00805. The summed E-state index contributed by atoms with van der Waals surface area (Å²) in [5.41, 5.74) is 3.61. The van der Waals surface area contributed by atoms with Crippen LogP contribution in [0.1, 0.15) is 18.2 Å². The maximum Gasteiger partial charge on any atom is 0.343 e. The molecule has 15 heteroatoms. The van der Waals surface area contributed by atoms with Crippen molar-refractivity contribution in [3.63, 3.8) is 0 Å². The zero-order valence-electron chi connectivity index (χ0n) is 18.6. The van der Waals surface area contributed by atoms with Crippen LogP contribution >= 0.6 is 23.2 Å². The Hall–Kier alpha value is -2.97. The number of anilines is 1. The number of carbonyl (C=O) groups is 2. The second-order valence-corrected chi connectivity index (χ2v) is 8.41. The number of carboxylic acid groups (broad SMARTS) is 1. The number of ether oxygens (including phenoxy) is 2. The summed E-state index contributed by atoms with van der Waals surface area (Å²) in [6, 6.07) is 3.60. The minimum Gasteiger partial charge on any atom is -0.479 e. The van der Waals surface area contributed by atoms with E-state index in [4.69, 9.17) is 43.5 Å². The van der Waals surface area contributed by atoms with E-state index in [9.17, 15) is 23.5 Å². The first-order chi connectivity index (χ1) is 17.1. The summed E-state index contributed by atoms with van der Waals surface area (Å²) in [6.45, 7) is -0.457. The van der Waals surface area contributed by atoms with Crippen molar-refractivity contribution < 1.29 is 38.1 Å². The third-order valence-corrected chi connectivity index (χ3v) is 5.78. The number of fused-ring (bicyclic) bond motifs is 1. The smallest absolute Gasteiger partial charge is 0.343 e. The number of aliphatic hydroxyl groups is 1. The Kier molecular flexibility index (Phi) is 8.74. The van der Waals surface area contributed by atoms with Gasteiger partial charge in [0.15, 0.2) is 24.0 Å². The number of nitrogens with zero attached hydrogens (tertiary/aromatic N) is 4. The third kappa shape index (κ3) is 5.55. The van der Waals surface area contributed by atoms with E-state index in [0.717, 1.165) is 13.2 Å². The van der Waals surface area contributed by atoms with Crippen molar-refractivity contribution >= 4 is 52.4 Å². The molecule has 0 saturated carbocycles. The Bertz CT molecular complexity index is 1270. The fourth-order valence-electron chi connectivity index (χ4n) is 3.65. The Morgan fingerprint density at radius 3 is 2.75 bits per heavy atom. The summed E-state index contributed by atoms with van der Waals surface area (Å²) in [6.07, 6.45) is -3.12. The van der Waals surface area contributed by atoms with Gasteiger partial charge in [0.05, 0.1) is 19.0 Å². The molecule has 1 aromatic carbocycles. The number of benzene rings is 1. The number of rotatable bonds is 8. The molecule has 2 aromatic heterocycles. The van der Waals surface area contributed by atoms with Gasteiger partial charge in [-0.05, 0) is 29.3 Å². The number of aldehydes is 1. The first-order valence-electron chi connectivity index (χ1n) is 10.3. The van der Waals surface area contributed by atoms with E-state index < -0.39 is 48.9 Å². The summed E-state index contributed by atoms with van der Waals surface area (Å²) in [5.74, 6) is -2.42. The van der Waals surface area contributed by atoms with E-state index in [1.54, 1.807) is 0 Å². The van der Waals surface area contributed by atoms with Gasteiger partial charge in [0, 0.05) is 25.0 Å². The number of halogens is 4. The molecule has 1 aliphatic rings. The lowest BCUT2D eigenvalue weighted by molar-refractivity contribution is -0.172. The van der Waals surface area contributed by atoms with E-state index in [1.807, 2.05) is 0 Å². The van der Waals surface area contributed by atoms with E-state index in [-0.39, 0.29) is 45.6 Å². The van der Waals surface area contributed by atoms with Gasteiger partial charge in [-0.1, -0.05) is 17.7 Å². The second-order valence-electron chi connectivity index (χ2n) is 7.64. The van der Waals surface area contributed by atoms with Gasteiger partial charge >= 0.3 is 5.97 Å². The number of nitrogen functional groups attached to an aromatic ring is 1. The van der Waals surface area contributed by atoms with Crippen LogP contribution in [0.25, 0.3) is 11.2 Å². The molecule has 4 atom stereocenters. The highest BCUT2D eigenvalue weighted by atomic mass is 35.5. The van der Waals surface area contributed by atoms with Crippen molar-refractivity contribution in [2.45, 2.75) is 36.9 Å². The maximum absolute atomic E-state index is 14.8. The number of aliphatic carboxylic acids is 1. The van der Waals surface area contributed by atoms with Gasteiger partial charge in [0.1, 0.15) is 17.5 Å². The minimum atomic E-state index is -2.42. The lowest BCUT2D eigenvalue weighted by Crippen LogP contribution is -2.47. The fraction of sp³-hybridized carbons (Fsp3) is 0.381. The van der Waals surface area contributed by atoms with Crippen molar-refractivity contribution in [1.82, 2.24) is 19.5 Å². The molecule has 1 aliphatic heterocycles. The zero-order valence-corrected chi connectivity index (χ0v) is 20.2. The third-order valence-electron chi connectivity index (χ3n) is 5.37. The van der Waals surface area contributed by atoms with Crippen LogP contribution in [0.3, 0.4) is 0 Å². The number of aromatic nitrogens is 4. The van der Waals surface area contributed by atoms with Crippen LogP contribution in [0.2, 0.25) is 10.3 Å². The number of aliphatic hydroxyl groups excluding tert-OH is 1. The van der Waals surface area contributed by atoms with Crippen LogP contribution in [-0.2, 0) is 25.5 Å². The van der Waals surface area contributed by atoms with Crippen LogP contribution in [0, 0.1) is 5.82 Å². The average Bonchev–Trinajstić information content (AvgIpc) is 3.42. The standard InChI is InChI=1S/C20H17Cl2F2N5O5.CH4O/c21-10-2-1-9(12(23)3-10)5-20(7-30,18(31)32)33-6-11-4-13(24)17(34-11)29-8-26-14-15(25)27-19(22)28-16(14)29;1-2/h1-3,7-8,11,13,17H,4-6H2,(H,31,32)(H2,25,27,28);2H,1H3. The molecule has 0 spiro atoms. The highest BCUT2D eigenvalue weighted by molar-refractivity contribution is 6.30. The summed E-state index contributed by atoms with van der Waals surface area (Å²) < 4.78 is 41.4. The normalized spacial score (nSPS) is 21.0. The Morgan fingerprint density at radius 1 is 1.39 bits per heavy atom. The molecule has 1 saturated heterocycles. The van der Waals surface area contributed by atoms with E-state index in [1.165, 1.54) is 23.0 Å². The average molecular weight is 548 g/mol. The molecular weight excluding hydrogens is 527 g/mol. The number of nitrogens with two attached hydrogens (primary N) is 1. The van der Waals surface area contributed by atoms with Crippen molar-refractivity contribution in [2.24, 2.45) is 0 Å². The van der Waals surface area contributed by atoms with Gasteiger partial charge in [-0.15, -0.1) is 0 Å². The molecular formula is C21H21Cl2F2N5O6. The molecule has 0 bridgehead atoms. The lowest BCUT2D eigenvalue weighted by Gasteiger charge is -2.26. The van der Waals surface area contributed by atoms with E-state index in [2.05, 4.69) is 15.0 Å². The number of carbonyl (C=O) groups excluding carboxylic acids is 1. The van der Waals surface area contributed by atoms with Gasteiger partial charge in [-0.3, -0.25) is 9.36 Å². The highest BCUT2D eigenvalue weighted by Crippen LogP contribution is 2.35. The maximum atomic E-state index is 14.8. The SMILES string of the molecule is CO.Nc1nc(Cl)nc2c1ncn2C1OC(COC(C=O)(Cc2ccc(Cl)cc2F)C(=O)O)CC1F. The van der Waals surface area contributed by atoms with Crippen molar-refractivity contribution in [2.75, 3.05) is 19.5 Å². The number of alkyl halides is 1. The molecule has 0 aliphatic carbocycles. The predicted octanol–water partition coefficient (Wildman–Crippen LogP) is 2.37. The van der Waals surface area contributed by atoms with Crippen LogP contribution in [0.4, 0.5) is 14.6 Å². The molecule has 3 heterocycles. The van der Waals surface area contributed by atoms with E-state index in [0.29, 0.717) is 0 Å². The number of imidazole rings is 1. The van der Waals surface area contributed by atoms with Gasteiger partial charge in [0.25, 0.3) is 0 Å². The zero-order chi connectivity index (χ0) is 26.6. The Balaban J connectivity index is 0.00000176. The quantitative estimate of drug-likeness (QED) is 0.216. The van der Waals surface area contributed by atoms with Gasteiger partial charge in [-0.2, -0.15) is 9.97 Å². The molecule has 1 fully saturated rings. The molecule has 4 N–H and O–H groups in total. The van der Waals surface area contributed by atoms with Crippen LogP contribution in [-0.4, -0.2) is 73.6 Å². The molecule has 4 unspecified atom stereocenters. The lowest BCUT2D eigenvalue weighted by atomic mass is 9.95. The monoisotopic (exact) mass is 547 g/mol. The van der Waals surface area contributed by atoms with Gasteiger partial charge < -0.3 is 25.4 Å². The largest absolute Gasteiger partial charge is 0.479 e. The topological polar surface area (TPSA) is 163 Å². The van der Waals surface area contributed by atoms with Crippen molar-refractivity contribution in [1.29, 1.82) is 0 Å². The predicted molar refractivity (Wildman–Crippen MR) is 124 cm³/mol. The van der Waals surface area contributed by atoms with Gasteiger partial charge in [0.2, 0.25) is 10.9 Å².